The Kier molecular flexibility index (Phi) is 13.9. The van der Waals surface area contributed by atoms with Crippen molar-refractivity contribution in [1.29, 1.82) is 0 Å². The number of methoxy groups -OCH3 is 1. The van der Waals surface area contributed by atoms with Gasteiger partial charge in [-0.25, -0.2) is 4.79 Å². The van der Waals surface area contributed by atoms with Crippen LogP contribution in [0.3, 0.4) is 0 Å². The summed E-state index contributed by atoms with van der Waals surface area (Å²) in [7, 11) is 1.32. The van der Waals surface area contributed by atoms with Crippen molar-refractivity contribution in [2.24, 2.45) is 0 Å². The summed E-state index contributed by atoms with van der Waals surface area (Å²) in [6, 6.07) is 7.61. The van der Waals surface area contributed by atoms with E-state index in [0.717, 1.165) is 12.1 Å². The van der Waals surface area contributed by atoms with Crippen molar-refractivity contribution < 1.29 is 98.9 Å². The van der Waals surface area contributed by atoms with Crippen LogP contribution < -0.4 is 0 Å². The fourth-order valence-electron chi connectivity index (χ4n) is 6.07. The quantitative estimate of drug-likeness (QED) is 0.0540. The van der Waals surface area contributed by atoms with Crippen LogP contribution in [0, 0.1) is 0 Å². The Hall–Kier alpha value is -3.71. The first kappa shape index (κ1) is 42.4. The first-order chi connectivity index (χ1) is 26.1. The summed E-state index contributed by atoms with van der Waals surface area (Å²) in [6.07, 6.45) is -18.5. The van der Waals surface area contributed by atoms with Crippen molar-refractivity contribution in [3.05, 3.63) is 53.6 Å². The maximum Gasteiger partial charge on any atom is 0.331 e. The van der Waals surface area contributed by atoms with Gasteiger partial charge in [0.1, 0.15) is 54.4 Å². The Morgan fingerprint density at radius 1 is 0.855 bits per heavy atom. The molecule has 0 amide bonds. The number of aliphatic hydroxyl groups excluding tert-OH is 6. The number of benzene rings is 2. The summed E-state index contributed by atoms with van der Waals surface area (Å²) in [5, 5.41) is 113. The van der Waals surface area contributed by atoms with Crippen LogP contribution in [0.25, 0.3) is 6.08 Å². The van der Waals surface area contributed by atoms with E-state index in [-0.39, 0.29) is 12.2 Å². The molecule has 14 atom stereocenters. The molecule has 0 spiro atoms. The lowest BCUT2D eigenvalue weighted by Gasteiger charge is -2.47. The number of esters is 1. The second-order valence-corrected chi connectivity index (χ2v) is 13.3. The van der Waals surface area contributed by atoms with Gasteiger partial charge in [0.15, 0.2) is 48.0 Å². The van der Waals surface area contributed by atoms with Gasteiger partial charge < -0.3 is 94.1 Å². The van der Waals surface area contributed by atoms with Gasteiger partial charge in [0.25, 0.3) is 0 Å². The van der Waals surface area contributed by atoms with Crippen molar-refractivity contribution in [1.82, 2.24) is 0 Å². The van der Waals surface area contributed by atoms with Gasteiger partial charge in [-0.3, -0.25) is 0 Å². The van der Waals surface area contributed by atoms with Gasteiger partial charge in [0.05, 0.1) is 32.5 Å². The zero-order chi connectivity index (χ0) is 40.2. The summed E-state index contributed by atoms with van der Waals surface area (Å²) in [4.78, 5) is 13.3. The Balaban J connectivity index is 1.45. The second kappa shape index (κ2) is 18.0. The van der Waals surface area contributed by atoms with E-state index in [1.165, 1.54) is 50.4 Å². The number of aliphatic hydroxyl groups is 7. The first-order valence-corrected chi connectivity index (χ1v) is 17.1. The van der Waals surface area contributed by atoms with Crippen molar-refractivity contribution in [3.8, 4) is 23.0 Å². The molecule has 306 valence electrons. The largest absolute Gasteiger partial charge is 0.504 e. The molecule has 2 aromatic carbocycles. The fraction of sp³-hybridized carbons (Fsp3) is 0.571. The molecular weight excluding hydrogens is 740 g/mol. The van der Waals surface area contributed by atoms with Crippen LogP contribution in [-0.4, -0.2) is 175 Å². The highest BCUT2D eigenvalue weighted by atomic mass is 16.8. The Morgan fingerprint density at radius 2 is 1.55 bits per heavy atom. The average molecular weight is 787 g/mol. The van der Waals surface area contributed by atoms with E-state index in [2.05, 4.69) is 0 Å². The van der Waals surface area contributed by atoms with Crippen LogP contribution >= 0.6 is 0 Å². The molecule has 0 aromatic heterocycles. The number of hydrogen-bond donors (Lipinski definition) is 11. The van der Waals surface area contributed by atoms with Gasteiger partial charge >= 0.3 is 5.97 Å². The van der Waals surface area contributed by atoms with Gasteiger partial charge in [-0.05, 0) is 48.4 Å². The standard InChI is InChI=1S/C35H46O20/c1-15-25(42)26(43)27(44)33(52-15)55-30-28(45)32(49-11-22(48-2)17-5-7-19(38)21(40)10-17)53-23(12-50-34-31(46)35(47,13-36)14-51-34)29(30)54-24(41)8-4-16-3-6-18(37)20(39)9-16/h3-10,15,22-23,25-34,36-40,42-47H,11-14H2,1-2H3/b8-4+/t15-,22+,23+,25-,26+,27+,28+,29+,30+,31-,32+,33-,34+,35+/m0/s1. The topological polar surface area (TPSA) is 313 Å². The number of hydrogen-bond acceptors (Lipinski definition) is 20. The lowest BCUT2D eigenvalue weighted by atomic mass is 9.96. The average Bonchev–Trinajstić information content (AvgIpc) is 3.45. The lowest BCUT2D eigenvalue weighted by Crippen LogP contribution is -2.65. The predicted octanol–water partition coefficient (Wildman–Crippen LogP) is -2.41. The van der Waals surface area contributed by atoms with Gasteiger partial charge in [-0.2, -0.15) is 0 Å². The third kappa shape index (κ3) is 9.64. The van der Waals surface area contributed by atoms with E-state index in [1.807, 2.05) is 0 Å². The maximum atomic E-state index is 13.3. The van der Waals surface area contributed by atoms with Gasteiger partial charge in [-0.15, -0.1) is 0 Å². The fourth-order valence-corrected chi connectivity index (χ4v) is 6.07. The number of carbonyl (C=O) groups excluding carboxylic acids is 1. The molecule has 3 saturated heterocycles. The van der Waals surface area contributed by atoms with Gasteiger partial charge in [-0.1, -0.05) is 12.1 Å². The van der Waals surface area contributed by atoms with E-state index in [9.17, 15) is 61.0 Å². The van der Waals surface area contributed by atoms with Crippen molar-refractivity contribution >= 4 is 12.0 Å². The van der Waals surface area contributed by atoms with Gasteiger partial charge in [0.2, 0.25) is 0 Å². The van der Waals surface area contributed by atoms with Crippen LogP contribution in [0.2, 0.25) is 0 Å². The summed E-state index contributed by atoms with van der Waals surface area (Å²) >= 11 is 0. The first-order valence-electron chi connectivity index (χ1n) is 17.1. The minimum absolute atomic E-state index is 0.270. The Morgan fingerprint density at radius 3 is 2.18 bits per heavy atom. The molecule has 0 saturated carbocycles. The molecule has 0 bridgehead atoms. The van der Waals surface area contributed by atoms with E-state index in [1.54, 1.807) is 0 Å². The Labute approximate surface area is 313 Å². The Bertz CT molecular complexity index is 1620. The lowest BCUT2D eigenvalue weighted by molar-refractivity contribution is -0.361. The van der Waals surface area contributed by atoms with Crippen LogP contribution in [0.4, 0.5) is 0 Å². The van der Waals surface area contributed by atoms with E-state index >= 15 is 0 Å². The van der Waals surface area contributed by atoms with Crippen LogP contribution in [0.15, 0.2) is 42.5 Å². The summed E-state index contributed by atoms with van der Waals surface area (Å²) < 4.78 is 45.7. The number of rotatable bonds is 14. The normalized spacial score (nSPS) is 35.9. The summed E-state index contributed by atoms with van der Waals surface area (Å²) in [5.41, 5.74) is -1.45. The highest BCUT2D eigenvalue weighted by Gasteiger charge is 2.54. The third-order valence-corrected chi connectivity index (χ3v) is 9.45. The molecule has 20 nitrogen and oxygen atoms in total. The van der Waals surface area contributed by atoms with Crippen molar-refractivity contribution in [2.45, 2.75) is 92.4 Å². The third-order valence-electron chi connectivity index (χ3n) is 9.45. The molecule has 3 aliphatic heterocycles. The highest BCUT2D eigenvalue weighted by molar-refractivity contribution is 5.87. The molecule has 2 aromatic rings. The van der Waals surface area contributed by atoms with Crippen molar-refractivity contribution in [3.63, 3.8) is 0 Å². The zero-order valence-corrected chi connectivity index (χ0v) is 29.5. The number of carbonyl (C=O) groups is 1. The minimum Gasteiger partial charge on any atom is -0.504 e. The van der Waals surface area contributed by atoms with E-state index in [4.69, 9.17) is 37.9 Å². The zero-order valence-electron chi connectivity index (χ0n) is 29.5. The SMILES string of the molecule is CO[C@H](CO[C@@H]1O[C@H](CO[C@@H]2OC[C@](O)(CO)[C@H]2O)[C@@H](OC(=O)/C=C/c2ccc(O)c(O)c2)[C@H](O[C@@H]2O[C@@H](C)[C@H](O)[C@@H](O)[C@H]2O)[C@H]1O)c1ccc(O)c(O)c1. The molecule has 3 fully saturated rings. The molecule has 55 heavy (non-hydrogen) atoms. The molecule has 3 aliphatic rings. The van der Waals surface area contributed by atoms with Gasteiger partial charge in [0, 0.05) is 13.2 Å². The second-order valence-electron chi connectivity index (χ2n) is 13.3. The number of aromatic hydroxyl groups is 4. The van der Waals surface area contributed by atoms with E-state index in [0.29, 0.717) is 5.56 Å². The number of ether oxygens (including phenoxy) is 8. The molecule has 0 radical (unpaired) electrons. The maximum absolute atomic E-state index is 13.3. The molecule has 0 unspecified atom stereocenters. The predicted molar refractivity (Wildman–Crippen MR) is 180 cm³/mol. The monoisotopic (exact) mass is 786 g/mol. The number of phenols is 4. The van der Waals surface area contributed by atoms with E-state index < -0.39 is 134 Å². The molecular formula is C35H46O20. The van der Waals surface area contributed by atoms with Crippen molar-refractivity contribution in [2.75, 3.05) is 33.5 Å². The number of phenolic OH excluding ortho intramolecular Hbond substituents is 4. The van der Waals surface area contributed by atoms with Crippen LogP contribution in [0.5, 0.6) is 23.0 Å². The molecule has 11 N–H and O–H groups in total. The summed E-state index contributed by atoms with van der Waals surface area (Å²) in [6.45, 7) is -1.00. The van der Waals surface area contributed by atoms with Crippen LogP contribution in [-0.2, 0) is 42.7 Å². The minimum atomic E-state index is -2.07. The molecule has 5 rings (SSSR count). The highest BCUT2D eigenvalue weighted by Crippen LogP contribution is 2.35. The van der Waals surface area contributed by atoms with Crippen LogP contribution in [0.1, 0.15) is 24.2 Å². The molecule has 0 aliphatic carbocycles. The summed E-state index contributed by atoms with van der Waals surface area (Å²) in [5.74, 6) is -2.78. The smallest absolute Gasteiger partial charge is 0.331 e. The molecule has 3 heterocycles. The molecule has 20 heteroatoms.